The van der Waals surface area contributed by atoms with Gasteiger partial charge in [-0.05, 0) is 19.8 Å². The van der Waals surface area contributed by atoms with Crippen molar-refractivity contribution in [3.8, 4) is 0 Å². The molecule has 0 heterocycles. The van der Waals surface area contributed by atoms with Crippen molar-refractivity contribution < 1.29 is 40.5 Å². The van der Waals surface area contributed by atoms with Crippen LogP contribution in [0, 0.1) is 10.8 Å². The van der Waals surface area contributed by atoms with Crippen LogP contribution in [0.15, 0.2) is 12.2 Å². The number of unbranched alkanes of at least 4 members (excludes halogenated alkanes) is 8. The molecule has 0 aliphatic carbocycles. The van der Waals surface area contributed by atoms with E-state index in [0.717, 1.165) is 25.7 Å². The maximum Gasteiger partial charge on any atom is 0.330 e. The van der Waals surface area contributed by atoms with E-state index < -0.39 is 16.8 Å². The lowest BCUT2D eigenvalue weighted by Crippen LogP contribution is -2.33. The highest BCUT2D eigenvalue weighted by Crippen LogP contribution is 2.24. The molecule has 0 amide bonds. The van der Waals surface area contributed by atoms with Gasteiger partial charge in [-0.2, -0.15) is 0 Å². The van der Waals surface area contributed by atoms with E-state index in [4.69, 9.17) is 35.7 Å². The van der Waals surface area contributed by atoms with Crippen LogP contribution in [0.25, 0.3) is 0 Å². The molecule has 0 aromatic rings. The number of carbonyl (C=O) groups is 1. The third-order valence-electron chi connectivity index (χ3n) is 6.00. The van der Waals surface area contributed by atoms with Crippen LogP contribution in [-0.2, 0) is 4.79 Å². The molecule has 0 unspecified atom stereocenters. The average Bonchev–Trinajstić information content (AvgIpc) is 2.85. The molecule has 0 saturated carbocycles. The second-order valence-corrected chi connectivity index (χ2v) is 9.36. The molecule has 0 fully saturated rings. The van der Waals surface area contributed by atoms with Gasteiger partial charge in [0.1, 0.15) is 0 Å². The molecular formula is C26H54O8. The first-order valence-electron chi connectivity index (χ1n) is 12.7. The topological polar surface area (TPSA) is 159 Å². The van der Waals surface area contributed by atoms with Gasteiger partial charge in [0.15, 0.2) is 0 Å². The highest BCUT2D eigenvalue weighted by Gasteiger charge is 2.27. The molecule has 0 aliphatic rings. The van der Waals surface area contributed by atoms with E-state index in [1.54, 1.807) is 0 Å². The van der Waals surface area contributed by atoms with Crippen LogP contribution in [0.1, 0.15) is 97.8 Å². The van der Waals surface area contributed by atoms with Crippen molar-refractivity contribution in [2.24, 2.45) is 10.8 Å². The van der Waals surface area contributed by atoms with Gasteiger partial charge in [0, 0.05) is 16.4 Å². The molecular weight excluding hydrogens is 440 g/mol. The van der Waals surface area contributed by atoms with Crippen molar-refractivity contribution in [1.29, 1.82) is 0 Å². The van der Waals surface area contributed by atoms with Crippen LogP contribution in [0.5, 0.6) is 0 Å². The van der Waals surface area contributed by atoms with Crippen LogP contribution in [-0.4, -0.2) is 81.4 Å². The molecule has 0 saturated heterocycles. The number of aliphatic carboxylic acids is 1. The number of hydrogen-bond donors (Lipinski definition) is 7. The minimum Gasteiger partial charge on any atom is -0.478 e. The van der Waals surface area contributed by atoms with E-state index in [1.807, 2.05) is 0 Å². The minimum absolute atomic E-state index is 0.131. The van der Waals surface area contributed by atoms with E-state index in [9.17, 15) is 4.79 Å². The minimum atomic E-state index is -0.935. The van der Waals surface area contributed by atoms with E-state index in [-0.39, 0.29) is 45.2 Å². The van der Waals surface area contributed by atoms with Crippen molar-refractivity contribution in [3.05, 3.63) is 12.2 Å². The zero-order chi connectivity index (χ0) is 26.9. The highest BCUT2D eigenvalue weighted by atomic mass is 16.4. The number of hydrogen-bond acceptors (Lipinski definition) is 7. The van der Waals surface area contributed by atoms with E-state index in [0.29, 0.717) is 12.8 Å². The Bertz CT molecular complexity index is 401. The summed E-state index contributed by atoms with van der Waals surface area (Å²) in [4.78, 5) is 9.60. The van der Waals surface area contributed by atoms with Gasteiger partial charge in [-0.25, -0.2) is 4.79 Å². The van der Waals surface area contributed by atoms with Crippen molar-refractivity contribution >= 4 is 5.97 Å². The molecule has 206 valence electrons. The van der Waals surface area contributed by atoms with Crippen molar-refractivity contribution in [3.63, 3.8) is 0 Å². The van der Waals surface area contributed by atoms with Gasteiger partial charge in [-0.15, -0.1) is 0 Å². The van der Waals surface area contributed by atoms with Gasteiger partial charge in [0.2, 0.25) is 0 Å². The molecule has 7 N–H and O–H groups in total. The van der Waals surface area contributed by atoms with Crippen molar-refractivity contribution in [2.75, 3.05) is 39.6 Å². The fourth-order valence-corrected chi connectivity index (χ4v) is 2.98. The standard InChI is InChI=1S/2C11H24O3.C4H6O2/c2*1-2-3-4-5-6-7-11(8-12,9-13)10-14;1-3(2)4(5)6/h2*12-14H,2-10H2,1H3;1H2,2H3,(H,5,6). The lowest BCUT2D eigenvalue weighted by atomic mass is 9.85. The summed E-state index contributed by atoms with van der Waals surface area (Å²) in [7, 11) is 0. The van der Waals surface area contributed by atoms with Gasteiger partial charge in [-0.3, -0.25) is 0 Å². The third-order valence-corrected chi connectivity index (χ3v) is 6.00. The van der Waals surface area contributed by atoms with E-state index in [1.165, 1.54) is 45.4 Å². The van der Waals surface area contributed by atoms with Crippen molar-refractivity contribution in [2.45, 2.75) is 97.8 Å². The molecule has 34 heavy (non-hydrogen) atoms. The second-order valence-electron chi connectivity index (χ2n) is 9.36. The summed E-state index contributed by atoms with van der Waals surface area (Å²) in [5, 5.41) is 62.2. The largest absolute Gasteiger partial charge is 0.478 e. The average molecular weight is 495 g/mol. The Morgan fingerprint density at radius 3 is 1.00 bits per heavy atom. The number of carboxylic acid groups (broad SMARTS) is 1. The third kappa shape index (κ3) is 20.4. The first kappa shape index (κ1) is 37.5. The normalized spacial score (nSPS) is 11.2. The molecule has 0 rings (SSSR count). The van der Waals surface area contributed by atoms with Crippen molar-refractivity contribution in [1.82, 2.24) is 0 Å². The lowest BCUT2D eigenvalue weighted by Gasteiger charge is -2.27. The zero-order valence-electron chi connectivity index (χ0n) is 22.0. The van der Waals surface area contributed by atoms with E-state index in [2.05, 4.69) is 20.4 Å². The van der Waals surface area contributed by atoms with Crippen LogP contribution < -0.4 is 0 Å². The fraction of sp³-hybridized carbons (Fsp3) is 0.885. The quantitative estimate of drug-likeness (QED) is 0.106. The Kier molecular flexibility index (Phi) is 27.7. The summed E-state index contributed by atoms with van der Waals surface area (Å²) in [5.74, 6) is -0.935. The zero-order valence-corrected chi connectivity index (χ0v) is 22.0. The SMILES string of the molecule is C=C(C)C(=O)O.CCCCCCCC(CO)(CO)CO.CCCCCCCC(CO)(CO)CO. The number of carboxylic acids is 1. The van der Waals surface area contributed by atoms with Crippen LogP contribution in [0.2, 0.25) is 0 Å². The Hall–Kier alpha value is -1.03. The molecule has 8 heteroatoms. The molecule has 0 atom stereocenters. The second kappa shape index (κ2) is 25.1. The summed E-state index contributed by atoms with van der Waals surface area (Å²) >= 11 is 0. The first-order valence-corrected chi connectivity index (χ1v) is 12.7. The monoisotopic (exact) mass is 494 g/mol. The predicted octanol–water partition coefficient (Wildman–Crippen LogP) is 3.27. The summed E-state index contributed by atoms with van der Waals surface area (Å²) in [6.07, 6.45) is 12.9. The van der Waals surface area contributed by atoms with Crippen LogP contribution in [0.3, 0.4) is 0 Å². The lowest BCUT2D eigenvalue weighted by molar-refractivity contribution is -0.132. The summed E-state index contributed by atoms with van der Waals surface area (Å²) in [5.41, 5.74) is -1.15. The molecule has 0 radical (unpaired) electrons. The molecule has 0 aromatic carbocycles. The van der Waals surface area contributed by atoms with E-state index >= 15 is 0 Å². The Morgan fingerprint density at radius 2 is 0.824 bits per heavy atom. The fourth-order valence-electron chi connectivity index (χ4n) is 2.98. The summed E-state index contributed by atoms with van der Waals surface area (Å²) < 4.78 is 0. The first-order chi connectivity index (χ1) is 16.1. The molecule has 0 spiro atoms. The Balaban J connectivity index is -0.000000458. The molecule has 0 bridgehead atoms. The number of aliphatic hydroxyl groups excluding tert-OH is 6. The number of aliphatic hydroxyl groups is 6. The summed E-state index contributed by atoms with van der Waals surface area (Å²) in [6, 6.07) is 0. The molecule has 0 aliphatic heterocycles. The van der Waals surface area contributed by atoms with Gasteiger partial charge < -0.3 is 35.7 Å². The molecule has 8 nitrogen and oxygen atoms in total. The number of rotatable bonds is 19. The smallest absolute Gasteiger partial charge is 0.330 e. The maximum absolute atomic E-state index is 9.60. The van der Waals surface area contributed by atoms with Crippen LogP contribution in [0.4, 0.5) is 0 Å². The highest BCUT2D eigenvalue weighted by molar-refractivity contribution is 5.84. The van der Waals surface area contributed by atoms with Gasteiger partial charge in [0.25, 0.3) is 0 Å². The molecule has 0 aromatic heterocycles. The van der Waals surface area contributed by atoms with Crippen LogP contribution >= 0.6 is 0 Å². The van der Waals surface area contributed by atoms with Gasteiger partial charge in [0.05, 0.1) is 39.6 Å². The Labute approximate surface area is 207 Å². The van der Waals surface area contributed by atoms with Gasteiger partial charge >= 0.3 is 5.97 Å². The maximum atomic E-state index is 9.60. The summed E-state index contributed by atoms with van der Waals surface area (Å²) in [6.45, 7) is 8.15. The van der Waals surface area contributed by atoms with Gasteiger partial charge in [-0.1, -0.05) is 84.6 Å². The predicted molar refractivity (Wildman–Crippen MR) is 137 cm³/mol. The Morgan fingerprint density at radius 1 is 0.588 bits per heavy atom.